The zero-order chi connectivity index (χ0) is 25.6. The van der Waals surface area contributed by atoms with Crippen LogP contribution in [-0.4, -0.2) is 44.5 Å². The fraction of sp³-hybridized carbons (Fsp3) is 0.296. The number of fused-ring (bicyclic) bond motifs is 4. The first kappa shape index (κ1) is 23.5. The summed E-state index contributed by atoms with van der Waals surface area (Å²) in [5.41, 5.74) is 4.29. The van der Waals surface area contributed by atoms with Gasteiger partial charge in [0.1, 0.15) is 5.54 Å². The molecule has 0 spiro atoms. The van der Waals surface area contributed by atoms with E-state index in [4.69, 9.17) is 9.72 Å². The minimum absolute atomic E-state index is 0.0867. The predicted molar refractivity (Wildman–Crippen MR) is 136 cm³/mol. The summed E-state index contributed by atoms with van der Waals surface area (Å²) in [5.74, 6) is -1.27. The van der Waals surface area contributed by atoms with Crippen molar-refractivity contribution in [1.82, 2.24) is 14.6 Å². The van der Waals surface area contributed by atoms with Crippen LogP contribution in [0.5, 0.6) is 0 Å². The molecule has 1 N–H and O–H groups in total. The number of hydrogen-bond donors (Lipinski definition) is 1. The maximum absolute atomic E-state index is 13.1. The fourth-order valence-corrected chi connectivity index (χ4v) is 4.74. The Kier molecular flexibility index (Phi) is 5.70. The van der Waals surface area contributed by atoms with E-state index in [0.29, 0.717) is 17.8 Å². The van der Waals surface area contributed by atoms with Gasteiger partial charge in [0, 0.05) is 23.2 Å². The molecule has 9 heteroatoms. The van der Waals surface area contributed by atoms with Gasteiger partial charge in [-0.3, -0.25) is 19.3 Å². The first-order valence-corrected chi connectivity index (χ1v) is 11.8. The highest BCUT2D eigenvalue weighted by molar-refractivity contribution is 6.14. The zero-order valence-corrected chi connectivity index (χ0v) is 20.7. The van der Waals surface area contributed by atoms with Gasteiger partial charge >= 0.3 is 5.97 Å². The van der Waals surface area contributed by atoms with Crippen molar-refractivity contribution in [3.8, 4) is 0 Å². The standard InChI is InChI=1S/C27H27N5O4/c1-16-18(17(2)32-25(28-16)19-9-5-6-10-20(19)30-32)13-14-24(34)36-15-23(33)31-22-12-8-7-11-21(22)29-26(35)27(31,3)4/h5-12H,13-15H2,1-4H3,(H,29,35). The van der Waals surface area contributed by atoms with Gasteiger partial charge in [-0.05, 0) is 63.9 Å². The van der Waals surface area contributed by atoms with Crippen molar-refractivity contribution in [3.05, 3.63) is 65.5 Å². The first-order chi connectivity index (χ1) is 17.2. The van der Waals surface area contributed by atoms with E-state index < -0.39 is 24.0 Å². The highest BCUT2D eigenvalue weighted by atomic mass is 16.5. The third-order valence-corrected chi connectivity index (χ3v) is 6.71. The summed E-state index contributed by atoms with van der Waals surface area (Å²) in [6.07, 6.45) is 0.494. The van der Waals surface area contributed by atoms with E-state index in [0.717, 1.165) is 33.5 Å². The molecule has 9 nitrogen and oxygen atoms in total. The van der Waals surface area contributed by atoms with Gasteiger partial charge in [0.15, 0.2) is 12.3 Å². The maximum Gasteiger partial charge on any atom is 0.306 e. The number of anilines is 2. The highest BCUT2D eigenvalue weighted by Crippen LogP contribution is 2.36. The maximum atomic E-state index is 13.1. The van der Waals surface area contributed by atoms with Crippen molar-refractivity contribution in [1.29, 1.82) is 0 Å². The number of nitrogens with zero attached hydrogens (tertiary/aromatic N) is 4. The molecule has 36 heavy (non-hydrogen) atoms. The highest BCUT2D eigenvalue weighted by Gasteiger charge is 2.43. The summed E-state index contributed by atoms with van der Waals surface area (Å²) < 4.78 is 7.14. The van der Waals surface area contributed by atoms with Crippen molar-refractivity contribution >= 4 is 45.7 Å². The molecule has 184 valence electrons. The minimum Gasteiger partial charge on any atom is -0.456 e. The van der Waals surface area contributed by atoms with E-state index in [1.165, 1.54) is 4.90 Å². The molecule has 0 atom stereocenters. The van der Waals surface area contributed by atoms with Crippen LogP contribution < -0.4 is 10.2 Å². The lowest BCUT2D eigenvalue weighted by Gasteiger charge is -2.41. The summed E-state index contributed by atoms with van der Waals surface area (Å²) in [7, 11) is 0. The van der Waals surface area contributed by atoms with Gasteiger partial charge in [-0.2, -0.15) is 5.10 Å². The molecule has 0 saturated heterocycles. The van der Waals surface area contributed by atoms with Crippen molar-refractivity contribution in [2.45, 2.75) is 46.1 Å². The van der Waals surface area contributed by atoms with Gasteiger partial charge in [-0.25, -0.2) is 9.50 Å². The van der Waals surface area contributed by atoms with Crippen LogP contribution in [0.2, 0.25) is 0 Å². The van der Waals surface area contributed by atoms with Gasteiger partial charge in [0.05, 0.1) is 16.9 Å². The number of esters is 1. The number of carbonyl (C=O) groups excluding carboxylic acids is 3. The summed E-state index contributed by atoms with van der Waals surface area (Å²) >= 11 is 0. The number of carbonyl (C=O) groups is 3. The summed E-state index contributed by atoms with van der Waals surface area (Å²) in [6, 6.07) is 14.9. The quantitative estimate of drug-likeness (QED) is 0.432. The minimum atomic E-state index is -1.12. The molecule has 3 heterocycles. The number of amides is 2. The summed E-state index contributed by atoms with van der Waals surface area (Å²) in [6.45, 7) is 6.74. The van der Waals surface area contributed by atoms with Crippen LogP contribution in [0, 0.1) is 13.8 Å². The Labute approximate surface area is 208 Å². The summed E-state index contributed by atoms with van der Waals surface area (Å²) in [4.78, 5) is 44.4. The monoisotopic (exact) mass is 485 g/mol. The van der Waals surface area contributed by atoms with E-state index in [1.54, 1.807) is 38.1 Å². The van der Waals surface area contributed by atoms with E-state index in [-0.39, 0.29) is 12.3 Å². The molecule has 4 aromatic rings. The number of rotatable bonds is 5. The molecule has 2 aromatic heterocycles. The number of aromatic nitrogens is 3. The molecule has 5 rings (SSSR count). The topological polar surface area (TPSA) is 106 Å². The molecular weight excluding hydrogens is 458 g/mol. The molecule has 0 aliphatic carbocycles. The van der Waals surface area contributed by atoms with Gasteiger partial charge < -0.3 is 10.1 Å². The van der Waals surface area contributed by atoms with Crippen molar-refractivity contribution in [2.24, 2.45) is 0 Å². The normalized spacial score (nSPS) is 14.6. The second-order valence-corrected chi connectivity index (χ2v) is 9.43. The number of nitrogens with one attached hydrogen (secondary N) is 1. The second-order valence-electron chi connectivity index (χ2n) is 9.43. The molecule has 1 aliphatic heterocycles. The third-order valence-electron chi connectivity index (χ3n) is 6.71. The lowest BCUT2D eigenvalue weighted by Crippen LogP contribution is -2.59. The number of aryl methyl sites for hydroxylation is 2. The van der Waals surface area contributed by atoms with Crippen molar-refractivity contribution < 1.29 is 19.1 Å². The molecule has 0 fully saturated rings. The zero-order valence-electron chi connectivity index (χ0n) is 20.7. The van der Waals surface area contributed by atoms with Crippen LogP contribution in [0.4, 0.5) is 11.4 Å². The largest absolute Gasteiger partial charge is 0.456 e. The molecule has 2 aromatic carbocycles. The Morgan fingerprint density at radius 1 is 1.06 bits per heavy atom. The fourth-order valence-electron chi connectivity index (χ4n) is 4.74. The van der Waals surface area contributed by atoms with Gasteiger partial charge in [-0.15, -0.1) is 0 Å². The van der Waals surface area contributed by atoms with Crippen molar-refractivity contribution in [2.75, 3.05) is 16.8 Å². The Morgan fingerprint density at radius 3 is 2.58 bits per heavy atom. The number of hydrogen-bond acceptors (Lipinski definition) is 6. The summed E-state index contributed by atoms with van der Waals surface area (Å²) in [5, 5.41) is 8.44. The molecule has 1 aliphatic rings. The molecule has 0 saturated carbocycles. The Balaban J connectivity index is 1.28. The van der Waals surface area contributed by atoms with E-state index in [1.807, 2.05) is 42.6 Å². The van der Waals surface area contributed by atoms with Crippen molar-refractivity contribution in [3.63, 3.8) is 0 Å². The van der Waals surface area contributed by atoms with Gasteiger partial charge in [0.25, 0.3) is 5.91 Å². The van der Waals surface area contributed by atoms with Crippen LogP contribution in [0.15, 0.2) is 48.5 Å². The van der Waals surface area contributed by atoms with E-state index >= 15 is 0 Å². The van der Waals surface area contributed by atoms with Crippen LogP contribution >= 0.6 is 0 Å². The average molecular weight is 486 g/mol. The van der Waals surface area contributed by atoms with Crippen LogP contribution in [0.1, 0.15) is 37.2 Å². The molecule has 2 amide bonds. The van der Waals surface area contributed by atoms with E-state index in [2.05, 4.69) is 10.4 Å². The van der Waals surface area contributed by atoms with Crippen LogP contribution in [0.25, 0.3) is 16.6 Å². The van der Waals surface area contributed by atoms with Gasteiger partial charge in [-0.1, -0.05) is 24.3 Å². The number of benzene rings is 2. The van der Waals surface area contributed by atoms with Crippen LogP contribution in [0.3, 0.4) is 0 Å². The third kappa shape index (κ3) is 3.86. The Morgan fingerprint density at radius 2 is 1.78 bits per heavy atom. The van der Waals surface area contributed by atoms with Gasteiger partial charge in [0.2, 0.25) is 5.91 Å². The molecule has 0 radical (unpaired) electrons. The van der Waals surface area contributed by atoms with Crippen LogP contribution in [-0.2, 0) is 25.5 Å². The predicted octanol–water partition coefficient (Wildman–Crippen LogP) is 3.74. The molecular formula is C27H27N5O4. The Hall–Kier alpha value is -4.27. The Bertz CT molecular complexity index is 1540. The number of para-hydroxylation sites is 2. The second kappa shape index (κ2) is 8.75. The SMILES string of the molecule is Cc1nc2c3ccccc3nn2c(C)c1CCC(=O)OCC(=O)N1c2ccccc2NC(=O)C1(C)C. The number of ether oxygens (including phenoxy) is 1. The molecule has 0 unspecified atom stereocenters. The lowest BCUT2D eigenvalue weighted by atomic mass is 9.96. The molecule has 0 bridgehead atoms. The smallest absolute Gasteiger partial charge is 0.306 e. The average Bonchev–Trinajstić information content (AvgIpc) is 3.22. The lowest BCUT2D eigenvalue weighted by molar-refractivity contribution is -0.148. The first-order valence-electron chi connectivity index (χ1n) is 11.8. The van der Waals surface area contributed by atoms with E-state index in [9.17, 15) is 14.4 Å².